The van der Waals surface area contributed by atoms with E-state index >= 15 is 0 Å². The van der Waals surface area contributed by atoms with Crippen molar-refractivity contribution in [1.82, 2.24) is 4.31 Å². The first-order valence-electron chi connectivity index (χ1n) is 8.64. The third kappa shape index (κ3) is 4.32. The van der Waals surface area contributed by atoms with Gasteiger partial charge >= 0.3 is 0 Å². The number of carbonyl (C=O) groups is 1. The van der Waals surface area contributed by atoms with E-state index in [4.69, 9.17) is 11.6 Å². The van der Waals surface area contributed by atoms with Gasteiger partial charge in [0.1, 0.15) is 0 Å². The highest BCUT2D eigenvalue weighted by Gasteiger charge is 2.25. The summed E-state index contributed by atoms with van der Waals surface area (Å²) in [5, 5.41) is 13.3. The summed E-state index contributed by atoms with van der Waals surface area (Å²) in [4.78, 5) is 22.7. The summed E-state index contributed by atoms with van der Waals surface area (Å²) in [5.74, 6) is -0.550. The van der Waals surface area contributed by atoms with Crippen LogP contribution in [0.2, 0.25) is 5.02 Å². The van der Waals surface area contributed by atoms with Gasteiger partial charge in [-0.1, -0.05) is 18.0 Å². The lowest BCUT2D eigenvalue weighted by atomic mass is 10.2. The number of hydrogen-bond acceptors (Lipinski definition) is 5. The first-order chi connectivity index (χ1) is 13.3. The molecule has 0 atom stereocenters. The third-order valence-corrected chi connectivity index (χ3v) is 6.70. The molecule has 1 N–H and O–H groups in total. The summed E-state index contributed by atoms with van der Waals surface area (Å²) in [6.07, 6.45) is 2.73. The topological polar surface area (TPSA) is 110 Å². The Kier molecular flexibility index (Phi) is 5.97. The van der Waals surface area contributed by atoms with E-state index < -0.39 is 20.9 Å². The van der Waals surface area contributed by atoms with Crippen LogP contribution < -0.4 is 5.32 Å². The highest BCUT2D eigenvalue weighted by molar-refractivity contribution is 7.89. The zero-order valence-electron chi connectivity index (χ0n) is 14.8. The number of nitro benzene ring substituents is 1. The van der Waals surface area contributed by atoms with Crippen molar-refractivity contribution in [1.29, 1.82) is 0 Å². The van der Waals surface area contributed by atoms with Crippen molar-refractivity contribution in [3.8, 4) is 0 Å². The van der Waals surface area contributed by atoms with Crippen LogP contribution in [0.5, 0.6) is 0 Å². The number of anilines is 1. The Bertz CT molecular complexity index is 1000. The summed E-state index contributed by atoms with van der Waals surface area (Å²) in [6.45, 7) is 1.03. The molecule has 1 aliphatic heterocycles. The van der Waals surface area contributed by atoms with Crippen LogP contribution in [0, 0.1) is 10.1 Å². The standard InChI is InChI=1S/C18H18ClN3O5S/c19-17-12-14(22(24)25)6-9-16(17)18(23)20-13-4-7-15(8-5-13)28(26,27)21-10-2-1-3-11-21/h4-9,12H,1-3,10-11H2,(H,20,23). The fourth-order valence-electron chi connectivity index (χ4n) is 2.96. The Morgan fingerprint density at radius 2 is 1.71 bits per heavy atom. The van der Waals surface area contributed by atoms with Gasteiger partial charge in [0.05, 0.1) is 20.4 Å². The molecule has 2 aromatic carbocycles. The Morgan fingerprint density at radius 3 is 2.29 bits per heavy atom. The zero-order valence-corrected chi connectivity index (χ0v) is 16.4. The molecule has 0 saturated carbocycles. The number of carbonyl (C=O) groups excluding carboxylic acids is 1. The Morgan fingerprint density at radius 1 is 1.07 bits per heavy atom. The van der Waals surface area contributed by atoms with E-state index in [0.717, 1.165) is 25.3 Å². The highest BCUT2D eigenvalue weighted by Crippen LogP contribution is 2.25. The molecule has 8 nitrogen and oxygen atoms in total. The van der Waals surface area contributed by atoms with Gasteiger partial charge in [-0.15, -0.1) is 0 Å². The fraction of sp³-hybridized carbons (Fsp3) is 0.278. The van der Waals surface area contributed by atoms with Crippen molar-refractivity contribution >= 4 is 38.9 Å². The number of nitrogens with one attached hydrogen (secondary N) is 1. The van der Waals surface area contributed by atoms with Gasteiger partial charge in [-0.05, 0) is 43.2 Å². The van der Waals surface area contributed by atoms with Gasteiger partial charge in [-0.2, -0.15) is 4.31 Å². The van der Waals surface area contributed by atoms with E-state index in [1.165, 1.54) is 40.7 Å². The maximum atomic E-state index is 12.6. The number of non-ortho nitro benzene ring substituents is 1. The summed E-state index contributed by atoms with van der Waals surface area (Å²) in [5.41, 5.74) is 0.253. The molecule has 1 amide bonds. The van der Waals surface area contributed by atoms with E-state index in [0.29, 0.717) is 18.8 Å². The van der Waals surface area contributed by atoms with Gasteiger partial charge < -0.3 is 5.32 Å². The van der Waals surface area contributed by atoms with E-state index in [-0.39, 0.29) is 21.2 Å². The van der Waals surface area contributed by atoms with E-state index in [1.54, 1.807) is 0 Å². The predicted octanol–water partition coefficient (Wildman–Crippen LogP) is 3.68. The molecular weight excluding hydrogens is 406 g/mol. The minimum absolute atomic E-state index is 0.0454. The van der Waals surface area contributed by atoms with Gasteiger partial charge in [-0.25, -0.2) is 8.42 Å². The van der Waals surface area contributed by atoms with Gasteiger partial charge in [-0.3, -0.25) is 14.9 Å². The van der Waals surface area contributed by atoms with E-state index in [2.05, 4.69) is 5.32 Å². The van der Waals surface area contributed by atoms with E-state index in [9.17, 15) is 23.3 Å². The summed E-state index contributed by atoms with van der Waals surface area (Å²) in [6, 6.07) is 9.43. The van der Waals surface area contributed by atoms with Crippen molar-refractivity contribution in [3.63, 3.8) is 0 Å². The molecule has 0 aliphatic carbocycles. The average Bonchev–Trinajstić information content (AvgIpc) is 2.68. The predicted molar refractivity (Wildman–Crippen MR) is 105 cm³/mol. The highest BCUT2D eigenvalue weighted by atomic mass is 35.5. The summed E-state index contributed by atoms with van der Waals surface area (Å²) >= 11 is 5.96. The molecule has 3 rings (SSSR count). The summed E-state index contributed by atoms with van der Waals surface area (Å²) < 4.78 is 26.8. The lowest BCUT2D eigenvalue weighted by molar-refractivity contribution is -0.384. The second-order valence-corrected chi connectivity index (χ2v) is 8.71. The maximum Gasteiger partial charge on any atom is 0.270 e. The monoisotopic (exact) mass is 423 g/mol. The molecule has 1 saturated heterocycles. The third-order valence-electron chi connectivity index (χ3n) is 4.47. The number of piperidine rings is 1. The lowest BCUT2D eigenvalue weighted by Gasteiger charge is -2.25. The zero-order chi connectivity index (χ0) is 20.3. The Balaban J connectivity index is 1.74. The second kappa shape index (κ2) is 8.26. The van der Waals surface area contributed by atoms with Crippen LogP contribution in [0.15, 0.2) is 47.4 Å². The molecule has 0 bridgehead atoms. The molecule has 10 heteroatoms. The largest absolute Gasteiger partial charge is 0.322 e. The van der Waals surface area contributed by atoms with Crippen LogP contribution in [0.3, 0.4) is 0 Å². The molecule has 148 valence electrons. The molecule has 28 heavy (non-hydrogen) atoms. The molecule has 2 aromatic rings. The SMILES string of the molecule is O=C(Nc1ccc(S(=O)(=O)N2CCCCC2)cc1)c1ccc([N+](=O)[O-])cc1Cl. The van der Waals surface area contributed by atoms with Crippen LogP contribution >= 0.6 is 11.6 Å². The normalized spacial score (nSPS) is 15.2. The Labute approximate surface area is 167 Å². The number of nitro groups is 1. The van der Waals surface area contributed by atoms with Crippen molar-refractivity contribution in [2.24, 2.45) is 0 Å². The van der Waals surface area contributed by atoms with Gasteiger partial charge in [0.15, 0.2) is 0 Å². The Hall–Kier alpha value is -2.49. The smallest absolute Gasteiger partial charge is 0.270 e. The van der Waals surface area contributed by atoms with Crippen molar-refractivity contribution in [2.75, 3.05) is 18.4 Å². The maximum absolute atomic E-state index is 12.6. The van der Waals surface area contributed by atoms with Crippen LogP contribution in [-0.4, -0.2) is 36.6 Å². The molecule has 1 aliphatic rings. The van der Waals surface area contributed by atoms with Crippen molar-refractivity contribution in [2.45, 2.75) is 24.2 Å². The molecule has 0 unspecified atom stereocenters. The first-order valence-corrected chi connectivity index (χ1v) is 10.5. The number of amides is 1. The molecule has 1 heterocycles. The summed E-state index contributed by atoms with van der Waals surface area (Å²) in [7, 11) is -3.54. The van der Waals surface area contributed by atoms with Crippen LogP contribution in [-0.2, 0) is 10.0 Å². The quantitative estimate of drug-likeness (QED) is 0.582. The first kappa shape index (κ1) is 20.2. The fourth-order valence-corrected chi connectivity index (χ4v) is 4.74. The molecule has 0 aromatic heterocycles. The number of nitrogens with zero attached hydrogens (tertiary/aromatic N) is 2. The molecule has 1 fully saturated rings. The van der Waals surface area contributed by atoms with Gasteiger partial charge in [0.25, 0.3) is 11.6 Å². The number of halogens is 1. The van der Waals surface area contributed by atoms with Crippen LogP contribution in [0.25, 0.3) is 0 Å². The molecule has 0 spiro atoms. The van der Waals surface area contributed by atoms with Gasteiger partial charge in [0, 0.05) is 30.9 Å². The van der Waals surface area contributed by atoms with Gasteiger partial charge in [0.2, 0.25) is 10.0 Å². The second-order valence-electron chi connectivity index (χ2n) is 6.36. The minimum Gasteiger partial charge on any atom is -0.322 e. The number of benzene rings is 2. The van der Waals surface area contributed by atoms with Crippen molar-refractivity contribution in [3.05, 3.63) is 63.2 Å². The molecular formula is C18H18ClN3O5S. The average molecular weight is 424 g/mol. The molecule has 0 radical (unpaired) electrons. The van der Waals surface area contributed by atoms with Crippen LogP contribution in [0.4, 0.5) is 11.4 Å². The number of rotatable bonds is 5. The van der Waals surface area contributed by atoms with Crippen molar-refractivity contribution < 1.29 is 18.1 Å². The number of sulfonamides is 1. The van der Waals surface area contributed by atoms with E-state index in [1.807, 2.05) is 0 Å². The lowest BCUT2D eigenvalue weighted by Crippen LogP contribution is -2.35. The number of hydrogen-bond donors (Lipinski definition) is 1. The van der Waals surface area contributed by atoms with Crippen LogP contribution in [0.1, 0.15) is 29.6 Å². The minimum atomic E-state index is -3.54.